The number of benzene rings is 2. The minimum absolute atomic E-state index is 0.275. The molecule has 25 heavy (non-hydrogen) atoms. The van der Waals surface area contributed by atoms with E-state index in [1.165, 1.54) is 12.0 Å². The molecule has 0 radical (unpaired) electrons. The highest BCUT2D eigenvalue weighted by Crippen LogP contribution is 2.32. The Morgan fingerprint density at radius 1 is 0.800 bits per heavy atom. The Morgan fingerprint density at radius 3 is 2.00 bits per heavy atom. The molecule has 136 valence electrons. The molecule has 2 aromatic carbocycles. The van der Waals surface area contributed by atoms with Gasteiger partial charge in [-0.2, -0.15) is 0 Å². The fourth-order valence-electron chi connectivity index (χ4n) is 3.11. The van der Waals surface area contributed by atoms with Gasteiger partial charge in [0, 0.05) is 0 Å². The van der Waals surface area contributed by atoms with Crippen LogP contribution in [0.5, 0.6) is 5.75 Å². The molecular weight excluding hydrogens is 308 g/mol. The molecule has 0 saturated carbocycles. The highest BCUT2D eigenvalue weighted by Gasteiger charge is 2.17. The van der Waals surface area contributed by atoms with E-state index in [1.807, 2.05) is 25.1 Å². The highest BCUT2D eigenvalue weighted by molar-refractivity contribution is 5.30. The molecule has 0 aliphatic carbocycles. The lowest BCUT2D eigenvalue weighted by Crippen LogP contribution is -2.16. The Morgan fingerprint density at radius 2 is 1.44 bits per heavy atom. The van der Waals surface area contributed by atoms with E-state index < -0.39 is 0 Å². The lowest BCUT2D eigenvalue weighted by atomic mass is 9.82. The summed E-state index contributed by atoms with van der Waals surface area (Å²) in [4.78, 5) is 0. The first-order chi connectivity index (χ1) is 12.0. The summed E-state index contributed by atoms with van der Waals surface area (Å²) in [5, 5.41) is 0. The monoisotopic (exact) mass is 340 g/mol. The fraction of sp³-hybridized carbons (Fsp3) is 0.478. The van der Waals surface area contributed by atoms with Crippen molar-refractivity contribution in [3.8, 4) is 5.75 Å². The summed E-state index contributed by atoms with van der Waals surface area (Å²) in [5.74, 6) is 2.80. The molecule has 2 nitrogen and oxygen atoms in total. The second-order valence-corrected chi connectivity index (χ2v) is 7.53. The Hall–Kier alpha value is -1.80. The maximum Gasteiger partial charge on any atom is 0.197 e. The van der Waals surface area contributed by atoms with Crippen molar-refractivity contribution >= 4 is 0 Å². The molecule has 0 bridgehead atoms. The molecule has 0 aromatic heterocycles. The summed E-state index contributed by atoms with van der Waals surface area (Å²) >= 11 is 0. The fourth-order valence-corrected chi connectivity index (χ4v) is 3.11. The molecule has 0 N–H and O–H groups in total. The van der Waals surface area contributed by atoms with Crippen LogP contribution in [0, 0.1) is 11.8 Å². The lowest BCUT2D eigenvalue weighted by molar-refractivity contribution is -0.0759. The minimum atomic E-state index is -0.275. The van der Waals surface area contributed by atoms with Crippen LogP contribution < -0.4 is 4.74 Å². The molecule has 2 aromatic rings. The first-order valence-electron chi connectivity index (χ1n) is 9.38. The van der Waals surface area contributed by atoms with Crippen LogP contribution in [-0.4, -0.2) is 6.29 Å². The Bertz CT molecular complexity index is 602. The predicted molar refractivity (Wildman–Crippen MR) is 105 cm³/mol. The highest BCUT2D eigenvalue weighted by atomic mass is 16.7. The van der Waals surface area contributed by atoms with E-state index in [2.05, 4.69) is 64.1 Å². The van der Waals surface area contributed by atoms with Crippen molar-refractivity contribution in [2.24, 2.45) is 11.8 Å². The molecule has 2 atom stereocenters. The Labute approximate surface area is 153 Å². The van der Waals surface area contributed by atoms with E-state index in [-0.39, 0.29) is 6.29 Å². The Balaban J connectivity index is 1.90. The van der Waals surface area contributed by atoms with Crippen LogP contribution in [0.1, 0.15) is 58.1 Å². The van der Waals surface area contributed by atoms with Crippen molar-refractivity contribution in [1.82, 2.24) is 0 Å². The average molecular weight is 341 g/mol. The van der Waals surface area contributed by atoms with Crippen molar-refractivity contribution in [3.05, 3.63) is 65.7 Å². The zero-order valence-electron chi connectivity index (χ0n) is 16.2. The second-order valence-electron chi connectivity index (χ2n) is 7.53. The van der Waals surface area contributed by atoms with E-state index in [0.29, 0.717) is 24.4 Å². The van der Waals surface area contributed by atoms with E-state index in [1.54, 1.807) is 0 Å². The molecule has 0 heterocycles. The largest absolute Gasteiger partial charge is 0.465 e. The molecule has 0 aliphatic heterocycles. The van der Waals surface area contributed by atoms with Crippen molar-refractivity contribution in [2.45, 2.75) is 59.9 Å². The van der Waals surface area contributed by atoms with Crippen LogP contribution in [0.4, 0.5) is 0 Å². The molecule has 0 fully saturated rings. The molecule has 2 unspecified atom stereocenters. The van der Waals surface area contributed by atoms with E-state index >= 15 is 0 Å². The first kappa shape index (κ1) is 19.5. The maximum absolute atomic E-state index is 5.89. The van der Waals surface area contributed by atoms with Gasteiger partial charge in [0.05, 0.1) is 6.61 Å². The van der Waals surface area contributed by atoms with Crippen LogP contribution >= 0.6 is 0 Å². The molecular formula is C23H32O2. The number of hydrogen-bond acceptors (Lipinski definition) is 2. The number of rotatable bonds is 9. The van der Waals surface area contributed by atoms with Crippen molar-refractivity contribution in [2.75, 3.05) is 0 Å². The summed E-state index contributed by atoms with van der Waals surface area (Å²) in [6.45, 7) is 11.7. The second kappa shape index (κ2) is 9.62. The van der Waals surface area contributed by atoms with Gasteiger partial charge in [0.1, 0.15) is 5.75 Å². The summed E-state index contributed by atoms with van der Waals surface area (Å²) in [5.41, 5.74) is 2.55. The summed E-state index contributed by atoms with van der Waals surface area (Å²) in [7, 11) is 0. The van der Waals surface area contributed by atoms with Gasteiger partial charge in [-0.3, -0.25) is 0 Å². The zero-order valence-corrected chi connectivity index (χ0v) is 16.2. The van der Waals surface area contributed by atoms with E-state index in [0.717, 1.165) is 11.3 Å². The summed E-state index contributed by atoms with van der Waals surface area (Å²) < 4.78 is 11.7. The topological polar surface area (TPSA) is 18.5 Å². The zero-order chi connectivity index (χ0) is 18.2. The van der Waals surface area contributed by atoms with Gasteiger partial charge >= 0.3 is 0 Å². The van der Waals surface area contributed by atoms with Crippen molar-refractivity contribution in [3.63, 3.8) is 0 Å². The summed E-state index contributed by atoms with van der Waals surface area (Å²) in [6.07, 6.45) is 0.941. The van der Waals surface area contributed by atoms with Crippen LogP contribution in [0.15, 0.2) is 54.6 Å². The normalized spacial score (nSPS) is 13.9. The molecule has 2 rings (SSSR count). The van der Waals surface area contributed by atoms with E-state index in [9.17, 15) is 0 Å². The maximum atomic E-state index is 5.89. The van der Waals surface area contributed by atoms with Crippen LogP contribution in [0.2, 0.25) is 0 Å². The van der Waals surface area contributed by atoms with Gasteiger partial charge in [-0.05, 0) is 54.4 Å². The van der Waals surface area contributed by atoms with Gasteiger partial charge < -0.3 is 9.47 Å². The predicted octanol–water partition coefficient (Wildman–Crippen LogP) is 6.41. The van der Waals surface area contributed by atoms with Gasteiger partial charge in [-0.25, -0.2) is 0 Å². The average Bonchev–Trinajstić information content (AvgIpc) is 2.59. The molecule has 0 aliphatic rings. The molecule has 0 saturated heterocycles. The summed E-state index contributed by atoms with van der Waals surface area (Å²) in [6, 6.07) is 18.7. The third-order valence-electron chi connectivity index (χ3n) is 4.47. The smallest absolute Gasteiger partial charge is 0.197 e. The number of hydrogen-bond donors (Lipinski definition) is 0. The number of ether oxygens (including phenoxy) is 2. The van der Waals surface area contributed by atoms with Gasteiger partial charge in [0.25, 0.3) is 0 Å². The molecule has 2 heteroatoms. The molecule has 0 spiro atoms. The van der Waals surface area contributed by atoms with Crippen molar-refractivity contribution in [1.29, 1.82) is 0 Å². The third-order valence-corrected chi connectivity index (χ3v) is 4.47. The standard InChI is InChI=1S/C23H32O2/c1-17(2)15-23(18(3)4)21-11-13-22(14-12-21)25-19(5)24-16-20-9-7-6-8-10-20/h6-14,17-19,23H,15-16H2,1-5H3. The molecule has 0 amide bonds. The lowest BCUT2D eigenvalue weighted by Gasteiger charge is -2.24. The Kier molecular flexibility index (Phi) is 7.52. The quantitative estimate of drug-likeness (QED) is 0.491. The van der Waals surface area contributed by atoms with Gasteiger partial charge in [0.2, 0.25) is 0 Å². The van der Waals surface area contributed by atoms with E-state index in [4.69, 9.17) is 9.47 Å². The third kappa shape index (κ3) is 6.55. The van der Waals surface area contributed by atoms with Crippen molar-refractivity contribution < 1.29 is 9.47 Å². The van der Waals surface area contributed by atoms with Crippen LogP contribution in [0.3, 0.4) is 0 Å². The van der Waals surface area contributed by atoms with Gasteiger partial charge in [-0.15, -0.1) is 0 Å². The SMILES string of the molecule is CC(C)CC(c1ccc(OC(C)OCc2ccccc2)cc1)C(C)C. The van der Waals surface area contributed by atoms with Gasteiger partial charge in [-0.1, -0.05) is 70.2 Å². The van der Waals surface area contributed by atoms with Crippen LogP contribution in [-0.2, 0) is 11.3 Å². The minimum Gasteiger partial charge on any atom is -0.465 e. The van der Waals surface area contributed by atoms with Crippen LogP contribution in [0.25, 0.3) is 0 Å². The first-order valence-corrected chi connectivity index (χ1v) is 9.38. The van der Waals surface area contributed by atoms with Gasteiger partial charge in [0.15, 0.2) is 6.29 Å².